The first-order valence-electron chi connectivity index (χ1n) is 8.32. The van der Waals surface area contributed by atoms with Gasteiger partial charge in [0.15, 0.2) is 5.03 Å². The van der Waals surface area contributed by atoms with Crippen LogP contribution in [0.4, 0.5) is 0 Å². The van der Waals surface area contributed by atoms with Crippen LogP contribution in [0.1, 0.15) is 24.6 Å². The maximum Gasteiger partial charge on any atom is 0.262 e. The second-order valence-corrected chi connectivity index (χ2v) is 8.96. The van der Waals surface area contributed by atoms with Gasteiger partial charge in [-0.15, -0.1) is 11.3 Å². The average Bonchev–Trinajstić information content (AvgIpc) is 3.31. The van der Waals surface area contributed by atoms with Crippen LogP contribution in [0.2, 0.25) is 0 Å². The third kappa shape index (κ3) is 4.10. The fraction of sp³-hybridized carbons (Fsp3) is 0.500. The van der Waals surface area contributed by atoms with Crippen LogP contribution in [0.25, 0.3) is 0 Å². The number of nitrogens with zero attached hydrogens (tertiary/aromatic N) is 3. The Morgan fingerprint density at radius 1 is 1.48 bits per heavy atom. The van der Waals surface area contributed by atoms with Gasteiger partial charge in [0, 0.05) is 30.7 Å². The summed E-state index contributed by atoms with van der Waals surface area (Å²) in [6.07, 6.45) is 4.42. The van der Waals surface area contributed by atoms with Gasteiger partial charge in [0.05, 0.1) is 18.8 Å². The fourth-order valence-electron chi connectivity index (χ4n) is 2.88. The van der Waals surface area contributed by atoms with E-state index in [-0.39, 0.29) is 23.4 Å². The van der Waals surface area contributed by atoms with Crippen molar-refractivity contribution in [2.24, 2.45) is 5.92 Å². The molecule has 3 rings (SSSR count). The van der Waals surface area contributed by atoms with Gasteiger partial charge in [-0.3, -0.25) is 4.79 Å². The number of aryl methyl sites for hydroxylation is 1. The molecule has 7 nitrogen and oxygen atoms in total. The zero-order chi connectivity index (χ0) is 17.9. The van der Waals surface area contributed by atoms with Crippen LogP contribution in [0.5, 0.6) is 0 Å². The highest BCUT2D eigenvalue weighted by Gasteiger charge is 2.34. The number of carbonyl (C=O) groups is 1. The van der Waals surface area contributed by atoms with Crippen molar-refractivity contribution in [2.75, 3.05) is 13.1 Å². The Kier molecular flexibility index (Phi) is 5.55. The van der Waals surface area contributed by atoms with Gasteiger partial charge in [-0.2, -0.15) is 4.31 Å². The van der Waals surface area contributed by atoms with E-state index < -0.39 is 10.0 Å². The second kappa shape index (κ2) is 7.67. The van der Waals surface area contributed by atoms with Gasteiger partial charge in [0.2, 0.25) is 5.91 Å². The molecule has 0 aromatic carbocycles. The molecular weight excluding hydrogens is 360 g/mol. The summed E-state index contributed by atoms with van der Waals surface area (Å²) in [7, 11) is -3.65. The molecule has 1 aliphatic heterocycles. The highest BCUT2D eigenvalue weighted by atomic mass is 32.2. The van der Waals surface area contributed by atoms with Crippen LogP contribution < -0.4 is 5.32 Å². The summed E-state index contributed by atoms with van der Waals surface area (Å²) in [5, 5.41) is 4.92. The summed E-state index contributed by atoms with van der Waals surface area (Å²) in [4.78, 5) is 17.5. The number of carbonyl (C=O) groups excluding carboxylic acids is 1. The lowest BCUT2D eigenvalue weighted by Gasteiger charge is -2.30. The normalized spacial score (nSPS) is 19.0. The van der Waals surface area contributed by atoms with E-state index in [0.717, 1.165) is 4.88 Å². The number of hydrogen-bond donors (Lipinski definition) is 1. The van der Waals surface area contributed by atoms with Crippen LogP contribution in [0.15, 0.2) is 35.1 Å². The zero-order valence-electron chi connectivity index (χ0n) is 14.1. The molecule has 2 aromatic heterocycles. The topological polar surface area (TPSA) is 84.3 Å². The maximum atomic E-state index is 12.7. The highest BCUT2D eigenvalue weighted by Crippen LogP contribution is 2.23. The number of rotatable bonds is 6. The minimum absolute atomic E-state index is 0.0500. The smallest absolute Gasteiger partial charge is 0.262 e. The minimum atomic E-state index is -3.65. The molecule has 0 bridgehead atoms. The van der Waals surface area contributed by atoms with E-state index in [2.05, 4.69) is 10.3 Å². The number of thiophene rings is 1. The molecule has 0 saturated carbocycles. The monoisotopic (exact) mass is 382 g/mol. The predicted octanol–water partition coefficient (Wildman–Crippen LogP) is 1.68. The van der Waals surface area contributed by atoms with Crippen molar-refractivity contribution >= 4 is 27.3 Å². The lowest BCUT2D eigenvalue weighted by molar-refractivity contribution is -0.126. The third-order valence-corrected chi connectivity index (χ3v) is 6.98. The Morgan fingerprint density at radius 3 is 3.00 bits per heavy atom. The Labute approximate surface area is 151 Å². The molecule has 0 spiro atoms. The van der Waals surface area contributed by atoms with Crippen LogP contribution in [-0.2, 0) is 27.9 Å². The summed E-state index contributed by atoms with van der Waals surface area (Å²) in [6, 6.07) is 3.91. The SMILES string of the molecule is CCn1cnc(S(=O)(=O)N2CCC[C@H](C(=O)NCc3cccs3)C2)c1. The van der Waals surface area contributed by atoms with Crippen LogP contribution in [0.3, 0.4) is 0 Å². The molecule has 9 heteroatoms. The van der Waals surface area contributed by atoms with Crippen molar-refractivity contribution < 1.29 is 13.2 Å². The number of aromatic nitrogens is 2. The summed E-state index contributed by atoms with van der Waals surface area (Å²) < 4.78 is 28.6. The number of piperidine rings is 1. The van der Waals surface area contributed by atoms with Gasteiger partial charge >= 0.3 is 0 Å². The number of imidazole rings is 1. The molecule has 1 fully saturated rings. The van der Waals surface area contributed by atoms with E-state index in [9.17, 15) is 13.2 Å². The number of nitrogens with one attached hydrogen (secondary N) is 1. The maximum absolute atomic E-state index is 12.7. The average molecular weight is 383 g/mol. The fourth-order valence-corrected chi connectivity index (χ4v) is 4.99. The van der Waals surface area contributed by atoms with Crippen molar-refractivity contribution in [1.82, 2.24) is 19.2 Å². The van der Waals surface area contributed by atoms with Crippen molar-refractivity contribution in [1.29, 1.82) is 0 Å². The molecule has 0 aliphatic carbocycles. The summed E-state index contributed by atoms with van der Waals surface area (Å²) >= 11 is 1.59. The van der Waals surface area contributed by atoms with E-state index in [1.54, 1.807) is 15.9 Å². The summed E-state index contributed by atoms with van der Waals surface area (Å²) in [5.41, 5.74) is 0. The number of sulfonamides is 1. The molecule has 25 heavy (non-hydrogen) atoms. The quantitative estimate of drug-likeness (QED) is 0.824. The van der Waals surface area contributed by atoms with Gasteiger partial charge in [0.25, 0.3) is 10.0 Å². The number of hydrogen-bond acceptors (Lipinski definition) is 5. The van der Waals surface area contributed by atoms with Gasteiger partial charge in [0.1, 0.15) is 0 Å². The standard InChI is InChI=1S/C16H22N4O3S2/c1-2-19-11-15(18-12-19)25(22,23)20-7-3-5-13(10-20)16(21)17-9-14-6-4-8-24-14/h4,6,8,11-13H,2-3,5,7,9-10H2,1H3,(H,17,21)/t13-/m0/s1. The van der Waals surface area contributed by atoms with Gasteiger partial charge in [-0.05, 0) is 31.2 Å². The molecular formula is C16H22N4O3S2. The summed E-state index contributed by atoms with van der Waals surface area (Å²) in [6.45, 7) is 3.71. The third-order valence-electron chi connectivity index (χ3n) is 4.35. The Balaban J connectivity index is 1.64. The van der Waals surface area contributed by atoms with E-state index >= 15 is 0 Å². The minimum Gasteiger partial charge on any atom is -0.351 e. The number of amides is 1. The molecule has 1 saturated heterocycles. The lowest BCUT2D eigenvalue weighted by Crippen LogP contribution is -2.45. The van der Waals surface area contributed by atoms with Crippen molar-refractivity contribution in [3.8, 4) is 0 Å². The van der Waals surface area contributed by atoms with Crippen LogP contribution in [-0.4, -0.2) is 41.3 Å². The van der Waals surface area contributed by atoms with E-state index in [1.165, 1.54) is 16.8 Å². The van der Waals surface area contributed by atoms with Crippen molar-refractivity contribution in [3.63, 3.8) is 0 Å². The first-order chi connectivity index (χ1) is 12.0. The zero-order valence-corrected chi connectivity index (χ0v) is 15.7. The van der Waals surface area contributed by atoms with E-state index in [0.29, 0.717) is 32.5 Å². The van der Waals surface area contributed by atoms with Gasteiger partial charge in [-0.1, -0.05) is 6.07 Å². The molecule has 1 N–H and O–H groups in total. The van der Waals surface area contributed by atoms with Gasteiger partial charge in [-0.25, -0.2) is 13.4 Å². The Hall–Kier alpha value is -1.71. The Bertz CT molecular complexity index is 814. The second-order valence-electron chi connectivity index (χ2n) is 6.04. The first kappa shape index (κ1) is 18.1. The summed E-state index contributed by atoms with van der Waals surface area (Å²) in [5.74, 6) is -0.413. The molecule has 1 amide bonds. The predicted molar refractivity (Wildman–Crippen MR) is 95.5 cm³/mol. The molecule has 0 radical (unpaired) electrons. The largest absolute Gasteiger partial charge is 0.351 e. The first-order valence-corrected chi connectivity index (χ1v) is 10.6. The Morgan fingerprint density at radius 2 is 2.32 bits per heavy atom. The van der Waals surface area contributed by atoms with Crippen LogP contribution in [0, 0.1) is 5.92 Å². The molecule has 2 aromatic rings. The van der Waals surface area contributed by atoms with Crippen molar-refractivity contribution in [3.05, 3.63) is 34.9 Å². The van der Waals surface area contributed by atoms with Crippen molar-refractivity contribution in [2.45, 2.75) is 37.9 Å². The van der Waals surface area contributed by atoms with Gasteiger partial charge < -0.3 is 9.88 Å². The van der Waals surface area contributed by atoms with E-state index in [4.69, 9.17) is 0 Å². The molecule has 136 valence electrons. The molecule has 0 unspecified atom stereocenters. The van der Waals surface area contributed by atoms with Crippen LogP contribution >= 0.6 is 11.3 Å². The van der Waals surface area contributed by atoms with E-state index in [1.807, 2.05) is 24.4 Å². The molecule has 1 atom stereocenters. The lowest BCUT2D eigenvalue weighted by atomic mass is 9.99. The highest BCUT2D eigenvalue weighted by molar-refractivity contribution is 7.89. The molecule has 1 aliphatic rings. The molecule has 3 heterocycles.